The Morgan fingerprint density at radius 2 is 2.21 bits per heavy atom. The minimum absolute atomic E-state index is 0.0476. The van der Waals surface area contributed by atoms with Crippen molar-refractivity contribution in [3.63, 3.8) is 0 Å². The molecule has 0 aliphatic heterocycles. The lowest BCUT2D eigenvalue weighted by atomic mass is 10.1. The van der Waals surface area contributed by atoms with Crippen molar-refractivity contribution in [3.8, 4) is 5.75 Å². The maximum absolute atomic E-state index is 12.0. The smallest absolute Gasteiger partial charge is 0.224 e. The van der Waals surface area contributed by atoms with Crippen LogP contribution in [0.1, 0.15) is 30.4 Å². The van der Waals surface area contributed by atoms with Crippen LogP contribution in [0.5, 0.6) is 5.75 Å². The second-order valence-corrected chi connectivity index (χ2v) is 5.32. The van der Waals surface area contributed by atoms with Crippen LogP contribution < -0.4 is 5.32 Å². The second kappa shape index (κ2) is 6.06. The summed E-state index contributed by atoms with van der Waals surface area (Å²) in [4.78, 5) is 12.0. The molecule has 1 aliphatic rings. The van der Waals surface area contributed by atoms with Gasteiger partial charge in [-0.05, 0) is 49.3 Å². The molecule has 0 saturated heterocycles. The van der Waals surface area contributed by atoms with E-state index in [1.807, 2.05) is 19.1 Å². The molecule has 1 aromatic rings. The Hall–Kier alpha value is -1.55. The van der Waals surface area contributed by atoms with Gasteiger partial charge >= 0.3 is 0 Å². The van der Waals surface area contributed by atoms with Crippen molar-refractivity contribution >= 4 is 5.91 Å². The molecule has 2 rings (SSSR count). The number of phenolic OH excluding ortho intramolecular Hbond substituents is 1. The lowest BCUT2D eigenvalue weighted by Crippen LogP contribution is -2.38. The molecule has 1 fully saturated rings. The van der Waals surface area contributed by atoms with Gasteiger partial charge in [-0.2, -0.15) is 0 Å². The van der Waals surface area contributed by atoms with Crippen LogP contribution in [-0.2, 0) is 11.2 Å². The van der Waals surface area contributed by atoms with Crippen LogP contribution in [0, 0.1) is 12.8 Å². The number of aromatic hydroxyl groups is 1. The molecule has 3 N–H and O–H groups in total. The number of carbonyl (C=O) groups excluding carboxylic acids is 1. The maximum Gasteiger partial charge on any atom is 0.224 e. The average molecular weight is 263 g/mol. The van der Waals surface area contributed by atoms with Crippen molar-refractivity contribution in [2.24, 2.45) is 5.92 Å². The monoisotopic (exact) mass is 263 g/mol. The van der Waals surface area contributed by atoms with Crippen molar-refractivity contribution in [3.05, 3.63) is 29.3 Å². The fourth-order valence-electron chi connectivity index (χ4n) is 2.27. The summed E-state index contributed by atoms with van der Waals surface area (Å²) in [6, 6.07) is 5.39. The predicted molar refractivity (Wildman–Crippen MR) is 72.9 cm³/mol. The van der Waals surface area contributed by atoms with Crippen LogP contribution in [0.4, 0.5) is 0 Å². The third-order valence-electron chi connectivity index (χ3n) is 3.62. The van der Waals surface area contributed by atoms with E-state index >= 15 is 0 Å². The number of hydrogen-bond acceptors (Lipinski definition) is 3. The number of amides is 1. The third kappa shape index (κ3) is 3.96. The SMILES string of the molecule is Cc1ccc(CC(=O)NC(CCO)C2CC2)cc1O. The van der Waals surface area contributed by atoms with Crippen LogP contribution >= 0.6 is 0 Å². The quantitative estimate of drug-likeness (QED) is 0.729. The number of rotatable bonds is 6. The van der Waals surface area contributed by atoms with E-state index in [0.717, 1.165) is 24.0 Å². The fourth-order valence-corrected chi connectivity index (χ4v) is 2.27. The van der Waals surface area contributed by atoms with E-state index < -0.39 is 0 Å². The molecule has 0 aromatic heterocycles. The van der Waals surface area contributed by atoms with Crippen LogP contribution in [0.3, 0.4) is 0 Å². The summed E-state index contributed by atoms with van der Waals surface area (Å²) in [5.74, 6) is 0.704. The van der Waals surface area contributed by atoms with Crippen molar-refractivity contribution in [2.45, 2.75) is 38.6 Å². The Morgan fingerprint density at radius 3 is 2.79 bits per heavy atom. The first-order chi connectivity index (χ1) is 9.10. The van der Waals surface area contributed by atoms with Crippen LogP contribution in [0.2, 0.25) is 0 Å². The van der Waals surface area contributed by atoms with Crippen LogP contribution in [0.25, 0.3) is 0 Å². The van der Waals surface area contributed by atoms with E-state index in [2.05, 4.69) is 5.32 Å². The first-order valence-electron chi connectivity index (χ1n) is 6.79. The molecule has 1 saturated carbocycles. The summed E-state index contributed by atoms with van der Waals surface area (Å²) in [7, 11) is 0. The summed E-state index contributed by atoms with van der Waals surface area (Å²) in [5, 5.41) is 21.6. The van der Waals surface area contributed by atoms with Gasteiger partial charge in [0.2, 0.25) is 5.91 Å². The molecule has 1 atom stereocenters. The summed E-state index contributed by atoms with van der Waals surface area (Å²) in [6.45, 7) is 1.93. The summed E-state index contributed by atoms with van der Waals surface area (Å²) in [6.07, 6.45) is 3.16. The van der Waals surface area contributed by atoms with Gasteiger partial charge in [0.25, 0.3) is 0 Å². The predicted octanol–water partition coefficient (Wildman–Crippen LogP) is 1.52. The van der Waals surface area contributed by atoms with Crippen LogP contribution in [-0.4, -0.2) is 28.8 Å². The molecule has 0 bridgehead atoms. The fraction of sp³-hybridized carbons (Fsp3) is 0.533. The van der Waals surface area contributed by atoms with Gasteiger partial charge in [-0.3, -0.25) is 4.79 Å². The van der Waals surface area contributed by atoms with Gasteiger partial charge in [-0.1, -0.05) is 12.1 Å². The Bertz CT molecular complexity index is 455. The number of benzene rings is 1. The van der Waals surface area contributed by atoms with Crippen molar-refractivity contribution in [1.29, 1.82) is 0 Å². The van der Waals surface area contributed by atoms with Gasteiger partial charge in [0.1, 0.15) is 5.75 Å². The zero-order valence-electron chi connectivity index (χ0n) is 11.2. The minimum atomic E-state index is -0.0476. The molecule has 4 nitrogen and oxygen atoms in total. The number of carbonyl (C=O) groups is 1. The molecular weight excluding hydrogens is 242 g/mol. The third-order valence-corrected chi connectivity index (χ3v) is 3.62. The largest absolute Gasteiger partial charge is 0.508 e. The van der Waals surface area contributed by atoms with E-state index in [1.165, 1.54) is 0 Å². The maximum atomic E-state index is 12.0. The van der Waals surface area contributed by atoms with E-state index in [1.54, 1.807) is 6.07 Å². The van der Waals surface area contributed by atoms with Crippen molar-refractivity contribution in [2.75, 3.05) is 6.61 Å². The van der Waals surface area contributed by atoms with Gasteiger partial charge in [0.05, 0.1) is 6.42 Å². The highest BCUT2D eigenvalue weighted by atomic mass is 16.3. The minimum Gasteiger partial charge on any atom is -0.508 e. The summed E-state index contributed by atoms with van der Waals surface area (Å²) in [5.41, 5.74) is 1.61. The lowest BCUT2D eigenvalue weighted by molar-refractivity contribution is -0.121. The van der Waals surface area contributed by atoms with Gasteiger partial charge in [0.15, 0.2) is 0 Å². The van der Waals surface area contributed by atoms with Crippen molar-refractivity contribution in [1.82, 2.24) is 5.32 Å². The summed E-state index contributed by atoms with van der Waals surface area (Å²) < 4.78 is 0. The Morgan fingerprint density at radius 1 is 1.47 bits per heavy atom. The molecule has 19 heavy (non-hydrogen) atoms. The molecule has 1 unspecified atom stereocenters. The highest BCUT2D eigenvalue weighted by Gasteiger charge is 2.31. The molecular formula is C15H21NO3. The standard InChI is InChI=1S/C15H21NO3/c1-10-2-3-11(8-14(10)18)9-15(19)16-13(6-7-17)12-4-5-12/h2-3,8,12-13,17-18H,4-7,9H2,1H3,(H,16,19). The number of aryl methyl sites for hydroxylation is 1. The topological polar surface area (TPSA) is 69.6 Å². The highest BCUT2D eigenvalue weighted by molar-refractivity contribution is 5.79. The first kappa shape index (κ1) is 13.9. The normalized spacial score (nSPS) is 16.1. The second-order valence-electron chi connectivity index (χ2n) is 5.32. The first-order valence-corrected chi connectivity index (χ1v) is 6.79. The molecule has 0 heterocycles. The zero-order valence-corrected chi connectivity index (χ0v) is 11.2. The Balaban J connectivity index is 1.90. The molecule has 1 amide bonds. The van der Waals surface area contributed by atoms with E-state index in [4.69, 9.17) is 5.11 Å². The zero-order chi connectivity index (χ0) is 13.8. The number of hydrogen-bond donors (Lipinski definition) is 3. The number of phenols is 1. The van der Waals surface area contributed by atoms with E-state index in [9.17, 15) is 9.90 Å². The van der Waals surface area contributed by atoms with E-state index in [-0.39, 0.29) is 30.7 Å². The van der Waals surface area contributed by atoms with Gasteiger partial charge in [0, 0.05) is 12.6 Å². The highest BCUT2D eigenvalue weighted by Crippen LogP contribution is 2.33. The number of aliphatic hydroxyl groups is 1. The lowest BCUT2D eigenvalue weighted by Gasteiger charge is -2.17. The number of aliphatic hydroxyl groups excluding tert-OH is 1. The number of nitrogens with one attached hydrogen (secondary N) is 1. The van der Waals surface area contributed by atoms with E-state index in [0.29, 0.717) is 12.3 Å². The Kier molecular flexibility index (Phi) is 4.43. The molecule has 0 spiro atoms. The molecule has 1 aromatic carbocycles. The molecule has 0 radical (unpaired) electrons. The average Bonchev–Trinajstić information content (AvgIpc) is 3.17. The molecule has 104 valence electrons. The van der Waals surface area contributed by atoms with Crippen molar-refractivity contribution < 1.29 is 15.0 Å². The van der Waals surface area contributed by atoms with Gasteiger partial charge < -0.3 is 15.5 Å². The molecule has 4 heteroatoms. The molecule has 1 aliphatic carbocycles. The van der Waals surface area contributed by atoms with Gasteiger partial charge in [-0.15, -0.1) is 0 Å². The summed E-state index contributed by atoms with van der Waals surface area (Å²) >= 11 is 0. The Labute approximate surface area is 113 Å². The van der Waals surface area contributed by atoms with Crippen LogP contribution in [0.15, 0.2) is 18.2 Å². The van der Waals surface area contributed by atoms with Gasteiger partial charge in [-0.25, -0.2) is 0 Å².